The number of hydrogen-bond donors (Lipinski definition) is 1. The molecule has 0 bridgehead atoms. The Bertz CT molecular complexity index is 1200. The van der Waals surface area contributed by atoms with Crippen LogP contribution in [0.1, 0.15) is 0 Å². The summed E-state index contributed by atoms with van der Waals surface area (Å²) in [4.78, 5) is 12.9. The summed E-state index contributed by atoms with van der Waals surface area (Å²) in [5, 5.41) is 3.48. The van der Waals surface area contributed by atoms with Gasteiger partial charge >= 0.3 is 0 Å². The predicted molar refractivity (Wildman–Crippen MR) is 126 cm³/mol. The van der Waals surface area contributed by atoms with Gasteiger partial charge in [-0.1, -0.05) is 23.2 Å². The molecule has 0 spiro atoms. The largest absolute Gasteiger partial charge is 0.497 e. The maximum absolute atomic E-state index is 13.4. The Morgan fingerprint density at radius 2 is 1.53 bits per heavy atom. The SMILES string of the molecule is COc1ccc(S(=O)(=O)N(CC(=O)Nc2cc(Cl)ccc2OC)c2ccc(Cl)cc2)cc1. The second kappa shape index (κ2) is 10.1. The maximum Gasteiger partial charge on any atom is 0.264 e. The van der Waals surface area contributed by atoms with Gasteiger partial charge in [0.1, 0.15) is 18.0 Å². The first-order valence-corrected chi connectivity index (χ1v) is 11.5. The summed E-state index contributed by atoms with van der Waals surface area (Å²) in [5.41, 5.74) is 0.598. The molecule has 0 aromatic heterocycles. The molecule has 0 aliphatic heterocycles. The van der Waals surface area contributed by atoms with Crippen molar-refractivity contribution in [1.82, 2.24) is 0 Å². The molecule has 32 heavy (non-hydrogen) atoms. The number of nitrogens with zero attached hydrogens (tertiary/aromatic N) is 1. The zero-order valence-corrected chi connectivity index (χ0v) is 19.5. The van der Waals surface area contributed by atoms with Crippen LogP contribution < -0.4 is 19.1 Å². The van der Waals surface area contributed by atoms with Crippen molar-refractivity contribution < 1.29 is 22.7 Å². The van der Waals surface area contributed by atoms with Crippen molar-refractivity contribution in [2.45, 2.75) is 4.90 Å². The number of anilines is 2. The third kappa shape index (κ3) is 5.45. The summed E-state index contributed by atoms with van der Waals surface area (Å²) in [6.07, 6.45) is 0. The van der Waals surface area contributed by atoms with E-state index in [9.17, 15) is 13.2 Å². The quantitative estimate of drug-likeness (QED) is 0.483. The highest BCUT2D eigenvalue weighted by molar-refractivity contribution is 7.92. The van der Waals surface area contributed by atoms with Gasteiger partial charge in [0.2, 0.25) is 5.91 Å². The van der Waals surface area contributed by atoms with E-state index in [1.54, 1.807) is 24.3 Å². The number of amides is 1. The Hall–Kier alpha value is -2.94. The van der Waals surface area contributed by atoms with Crippen molar-refractivity contribution in [3.8, 4) is 11.5 Å². The number of ether oxygens (including phenoxy) is 2. The van der Waals surface area contributed by atoms with Gasteiger partial charge in [-0.2, -0.15) is 0 Å². The third-order valence-corrected chi connectivity index (χ3v) is 6.76. The van der Waals surface area contributed by atoms with Gasteiger partial charge in [0.15, 0.2) is 0 Å². The molecule has 3 aromatic rings. The minimum atomic E-state index is -4.09. The van der Waals surface area contributed by atoms with Gasteiger partial charge in [0.25, 0.3) is 10.0 Å². The second-order valence-corrected chi connectivity index (χ2v) is 9.29. The Labute approximate surface area is 196 Å². The fraction of sp³-hybridized carbons (Fsp3) is 0.136. The molecule has 0 atom stereocenters. The summed E-state index contributed by atoms with van der Waals surface area (Å²) in [5.74, 6) is 0.309. The van der Waals surface area contributed by atoms with Gasteiger partial charge in [-0.25, -0.2) is 8.42 Å². The average Bonchev–Trinajstić information content (AvgIpc) is 2.78. The van der Waals surface area contributed by atoms with Crippen molar-refractivity contribution in [3.05, 3.63) is 76.8 Å². The molecule has 0 radical (unpaired) electrons. The molecular formula is C22H20Cl2N2O5S. The second-order valence-electron chi connectivity index (χ2n) is 6.56. The van der Waals surface area contributed by atoms with E-state index >= 15 is 0 Å². The molecule has 1 N–H and O–H groups in total. The summed E-state index contributed by atoms with van der Waals surface area (Å²) in [6, 6.07) is 16.8. The molecular weight excluding hydrogens is 475 g/mol. The topological polar surface area (TPSA) is 84.9 Å². The lowest BCUT2D eigenvalue weighted by molar-refractivity contribution is -0.114. The van der Waals surface area contributed by atoms with E-state index in [1.807, 2.05) is 0 Å². The van der Waals surface area contributed by atoms with E-state index < -0.39 is 22.5 Å². The third-order valence-electron chi connectivity index (χ3n) is 4.48. The summed E-state index contributed by atoms with van der Waals surface area (Å²) in [7, 11) is -1.15. The number of carbonyl (C=O) groups excluding carboxylic acids is 1. The minimum absolute atomic E-state index is 0.00128. The molecule has 3 aromatic carbocycles. The number of halogens is 2. The van der Waals surface area contributed by atoms with Crippen molar-refractivity contribution in [1.29, 1.82) is 0 Å². The van der Waals surface area contributed by atoms with Gasteiger partial charge in [0, 0.05) is 10.0 Å². The van der Waals surface area contributed by atoms with Crippen LogP contribution in [0.2, 0.25) is 10.0 Å². The normalized spacial score (nSPS) is 11.0. The molecule has 7 nitrogen and oxygen atoms in total. The Morgan fingerprint density at radius 3 is 2.12 bits per heavy atom. The maximum atomic E-state index is 13.4. The van der Waals surface area contributed by atoms with Crippen molar-refractivity contribution in [3.63, 3.8) is 0 Å². The van der Waals surface area contributed by atoms with E-state index in [1.165, 1.54) is 56.7 Å². The van der Waals surface area contributed by atoms with Crippen molar-refractivity contribution in [2.24, 2.45) is 0 Å². The molecule has 0 aliphatic rings. The standard InChI is InChI=1S/C22H20Cl2N2O5S/c1-30-18-8-10-19(11-9-18)32(28,29)26(17-6-3-15(23)4-7-17)14-22(27)25-20-13-16(24)5-12-21(20)31-2/h3-13H,14H2,1-2H3,(H,25,27). The molecule has 0 heterocycles. The van der Waals surface area contributed by atoms with E-state index in [0.717, 1.165) is 4.31 Å². The lowest BCUT2D eigenvalue weighted by Gasteiger charge is -2.24. The number of sulfonamides is 1. The molecule has 0 saturated carbocycles. The first-order chi connectivity index (χ1) is 15.2. The lowest BCUT2D eigenvalue weighted by atomic mass is 10.3. The van der Waals surface area contributed by atoms with E-state index in [4.69, 9.17) is 32.7 Å². The van der Waals surface area contributed by atoms with Gasteiger partial charge in [-0.15, -0.1) is 0 Å². The van der Waals surface area contributed by atoms with Crippen molar-refractivity contribution >= 4 is 50.5 Å². The smallest absolute Gasteiger partial charge is 0.264 e. The zero-order valence-electron chi connectivity index (χ0n) is 17.2. The van der Waals surface area contributed by atoms with Crippen LogP contribution in [0, 0.1) is 0 Å². The average molecular weight is 495 g/mol. The van der Waals surface area contributed by atoms with Gasteiger partial charge < -0.3 is 14.8 Å². The van der Waals surface area contributed by atoms with Crippen LogP contribution in [0.4, 0.5) is 11.4 Å². The van der Waals surface area contributed by atoms with Crippen LogP contribution in [-0.4, -0.2) is 35.1 Å². The molecule has 168 valence electrons. The number of hydrogen-bond acceptors (Lipinski definition) is 5. The molecule has 0 unspecified atom stereocenters. The highest BCUT2D eigenvalue weighted by atomic mass is 35.5. The van der Waals surface area contributed by atoms with E-state index in [2.05, 4.69) is 5.32 Å². The Balaban J connectivity index is 1.95. The molecule has 0 aliphatic carbocycles. The predicted octanol–water partition coefficient (Wildman–Crippen LogP) is 4.84. The first kappa shape index (κ1) is 23.7. The van der Waals surface area contributed by atoms with Gasteiger partial charge in [-0.3, -0.25) is 9.10 Å². The van der Waals surface area contributed by atoms with E-state index in [-0.39, 0.29) is 10.6 Å². The number of nitrogens with one attached hydrogen (secondary N) is 1. The molecule has 10 heteroatoms. The number of rotatable bonds is 8. The first-order valence-electron chi connectivity index (χ1n) is 9.30. The van der Waals surface area contributed by atoms with Crippen molar-refractivity contribution in [2.75, 3.05) is 30.4 Å². The van der Waals surface area contributed by atoms with Crippen LogP contribution >= 0.6 is 23.2 Å². The summed E-state index contributed by atoms with van der Waals surface area (Å²) in [6.45, 7) is -0.494. The van der Waals surface area contributed by atoms with E-state index in [0.29, 0.717) is 27.2 Å². The fourth-order valence-electron chi connectivity index (χ4n) is 2.90. The Morgan fingerprint density at radius 1 is 0.906 bits per heavy atom. The number of benzene rings is 3. The van der Waals surface area contributed by atoms with Gasteiger partial charge in [0.05, 0.1) is 30.5 Å². The van der Waals surface area contributed by atoms with Crippen LogP contribution in [0.5, 0.6) is 11.5 Å². The summed E-state index contributed by atoms with van der Waals surface area (Å²) >= 11 is 12.0. The molecule has 3 rings (SSSR count). The fourth-order valence-corrected chi connectivity index (χ4v) is 4.61. The Kier molecular flexibility index (Phi) is 7.50. The highest BCUT2D eigenvalue weighted by Crippen LogP contribution is 2.29. The highest BCUT2D eigenvalue weighted by Gasteiger charge is 2.27. The lowest BCUT2D eigenvalue weighted by Crippen LogP contribution is -2.38. The zero-order chi connectivity index (χ0) is 23.3. The minimum Gasteiger partial charge on any atom is -0.497 e. The molecule has 0 saturated heterocycles. The van der Waals surface area contributed by atoms with Crippen LogP contribution in [0.25, 0.3) is 0 Å². The number of methoxy groups -OCH3 is 2. The summed E-state index contributed by atoms with van der Waals surface area (Å²) < 4.78 is 38.1. The van der Waals surface area contributed by atoms with Crippen LogP contribution in [-0.2, 0) is 14.8 Å². The van der Waals surface area contributed by atoms with Crippen LogP contribution in [0.15, 0.2) is 71.6 Å². The molecule has 0 fully saturated rings. The molecule has 1 amide bonds. The van der Waals surface area contributed by atoms with Gasteiger partial charge in [-0.05, 0) is 66.7 Å². The van der Waals surface area contributed by atoms with Crippen LogP contribution in [0.3, 0.4) is 0 Å². The monoisotopic (exact) mass is 494 g/mol. The number of carbonyl (C=O) groups is 1.